The number of aliphatic carboxylic acids is 1. The molecule has 2 atom stereocenters. The topological polar surface area (TPSA) is 78.9 Å². The van der Waals surface area contributed by atoms with Gasteiger partial charge in [0.2, 0.25) is 5.91 Å². The Morgan fingerprint density at radius 1 is 1.20 bits per heavy atom. The molecule has 2 rings (SSSR count). The number of ether oxygens (including phenoxy) is 1. The van der Waals surface area contributed by atoms with E-state index in [1.807, 2.05) is 0 Å². The molecule has 0 aromatic rings. The van der Waals surface area contributed by atoms with Gasteiger partial charge in [0, 0.05) is 13.1 Å². The van der Waals surface area contributed by atoms with Crippen LogP contribution < -0.4 is 5.32 Å². The summed E-state index contributed by atoms with van der Waals surface area (Å²) in [5.41, 5.74) is 0. The van der Waals surface area contributed by atoms with Crippen molar-refractivity contribution in [2.45, 2.75) is 44.8 Å². The maximum atomic E-state index is 11.9. The van der Waals surface area contributed by atoms with Gasteiger partial charge in [-0.2, -0.15) is 0 Å². The van der Waals surface area contributed by atoms with Crippen molar-refractivity contribution in [2.75, 3.05) is 26.2 Å². The third-order valence-corrected chi connectivity index (χ3v) is 4.19. The molecule has 0 aromatic carbocycles. The van der Waals surface area contributed by atoms with E-state index in [0.29, 0.717) is 19.4 Å². The third-order valence-electron chi connectivity index (χ3n) is 4.19. The largest absolute Gasteiger partial charge is 0.479 e. The number of carbonyl (C=O) groups is 2. The van der Waals surface area contributed by atoms with Crippen LogP contribution in [0.15, 0.2) is 0 Å². The van der Waals surface area contributed by atoms with Gasteiger partial charge < -0.3 is 20.1 Å². The Morgan fingerprint density at radius 3 is 2.45 bits per heavy atom. The van der Waals surface area contributed by atoms with E-state index in [-0.39, 0.29) is 5.91 Å². The minimum absolute atomic E-state index is 0.181. The zero-order valence-electron chi connectivity index (χ0n) is 12.0. The van der Waals surface area contributed by atoms with E-state index in [2.05, 4.69) is 17.1 Å². The molecular weight excluding hydrogens is 260 g/mol. The molecule has 1 amide bonds. The molecule has 2 aliphatic rings. The van der Waals surface area contributed by atoms with E-state index in [1.54, 1.807) is 0 Å². The van der Waals surface area contributed by atoms with Crippen LogP contribution in [-0.2, 0) is 14.3 Å². The van der Waals surface area contributed by atoms with Crippen molar-refractivity contribution in [3.05, 3.63) is 0 Å². The van der Waals surface area contributed by atoms with Gasteiger partial charge in [0.05, 0.1) is 0 Å². The van der Waals surface area contributed by atoms with Gasteiger partial charge in [-0.15, -0.1) is 0 Å². The van der Waals surface area contributed by atoms with Gasteiger partial charge in [-0.3, -0.25) is 4.79 Å². The van der Waals surface area contributed by atoms with Gasteiger partial charge in [-0.05, 0) is 44.7 Å². The van der Waals surface area contributed by atoms with Gasteiger partial charge in [0.25, 0.3) is 0 Å². The highest BCUT2D eigenvalue weighted by Gasteiger charge is 2.34. The van der Waals surface area contributed by atoms with Crippen molar-refractivity contribution < 1.29 is 19.4 Å². The van der Waals surface area contributed by atoms with Crippen LogP contribution in [0.4, 0.5) is 0 Å². The fraction of sp³-hybridized carbons (Fsp3) is 0.857. The highest BCUT2D eigenvalue weighted by molar-refractivity contribution is 5.82. The molecule has 0 radical (unpaired) electrons. The van der Waals surface area contributed by atoms with Gasteiger partial charge >= 0.3 is 5.97 Å². The number of carboxylic acid groups (broad SMARTS) is 1. The molecule has 0 aromatic heterocycles. The molecule has 0 unspecified atom stereocenters. The molecule has 0 bridgehead atoms. The summed E-state index contributed by atoms with van der Waals surface area (Å²) in [6.07, 6.45) is 1.92. The number of hydrogen-bond acceptors (Lipinski definition) is 4. The van der Waals surface area contributed by atoms with Crippen molar-refractivity contribution in [2.24, 2.45) is 5.92 Å². The van der Waals surface area contributed by atoms with E-state index in [9.17, 15) is 9.59 Å². The number of nitrogens with zero attached hydrogens (tertiary/aromatic N) is 1. The molecule has 2 N–H and O–H groups in total. The maximum absolute atomic E-state index is 11.9. The number of likely N-dealkylation sites (tertiary alicyclic amines) is 1. The van der Waals surface area contributed by atoms with Crippen molar-refractivity contribution in [1.82, 2.24) is 10.2 Å². The zero-order chi connectivity index (χ0) is 14.5. The molecule has 114 valence electrons. The van der Waals surface area contributed by atoms with E-state index < -0.39 is 18.2 Å². The Bertz CT molecular complexity index is 353. The van der Waals surface area contributed by atoms with Crippen LogP contribution in [0, 0.1) is 5.92 Å². The SMILES string of the molecule is CC1CCN(CCNC(=O)[C@@H]2CC[C@H](C(=O)O)O2)CC1. The summed E-state index contributed by atoms with van der Waals surface area (Å²) in [5.74, 6) is -0.359. The molecule has 6 nitrogen and oxygen atoms in total. The molecule has 2 aliphatic heterocycles. The predicted octanol–water partition coefficient (Wildman–Crippen LogP) is 0.467. The van der Waals surface area contributed by atoms with E-state index in [0.717, 1.165) is 25.6 Å². The molecule has 0 spiro atoms. The van der Waals surface area contributed by atoms with Crippen LogP contribution >= 0.6 is 0 Å². The Balaban J connectivity index is 1.62. The van der Waals surface area contributed by atoms with E-state index in [4.69, 9.17) is 9.84 Å². The molecule has 0 aliphatic carbocycles. The quantitative estimate of drug-likeness (QED) is 0.767. The van der Waals surface area contributed by atoms with Crippen molar-refractivity contribution in [3.63, 3.8) is 0 Å². The normalized spacial score (nSPS) is 28.4. The number of piperidine rings is 1. The first-order chi connectivity index (χ1) is 9.56. The molecule has 2 heterocycles. The van der Waals surface area contributed by atoms with Crippen LogP contribution in [0.1, 0.15) is 32.6 Å². The number of rotatable bonds is 5. The molecule has 2 fully saturated rings. The number of hydrogen-bond donors (Lipinski definition) is 2. The first kappa shape index (κ1) is 15.3. The summed E-state index contributed by atoms with van der Waals surface area (Å²) in [5, 5.41) is 11.7. The smallest absolute Gasteiger partial charge is 0.332 e. The first-order valence-electron chi connectivity index (χ1n) is 7.44. The summed E-state index contributed by atoms with van der Waals surface area (Å²) in [4.78, 5) is 25.0. The van der Waals surface area contributed by atoms with Gasteiger partial charge in [0.1, 0.15) is 6.10 Å². The summed E-state index contributed by atoms with van der Waals surface area (Å²) < 4.78 is 5.22. The fourth-order valence-corrected chi connectivity index (χ4v) is 2.75. The van der Waals surface area contributed by atoms with Crippen LogP contribution in [0.3, 0.4) is 0 Å². The van der Waals surface area contributed by atoms with Crippen molar-refractivity contribution >= 4 is 11.9 Å². The lowest BCUT2D eigenvalue weighted by molar-refractivity contribution is -0.151. The molecule has 20 heavy (non-hydrogen) atoms. The lowest BCUT2D eigenvalue weighted by Crippen LogP contribution is -2.42. The Kier molecular flexibility index (Phi) is 5.37. The molecule has 2 saturated heterocycles. The fourth-order valence-electron chi connectivity index (χ4n) is 2.75. The maximum Gasteiger partial charge on any atom is 0.332 e. The van der Waals surface area contributed by atoms with Crippen LogP contribution in [-0.4, -0.2) is 60.3 Å². The van der Waals surface area contributed by atoms with Crippen LogP contribution in [0.25, 0.3) is 0 Å². The second-order valence-corrected chi connectivity index (χ2v) is 5.84. The monoisotopic (exact) mass is 284 g/mol. The highest BCUT2D eigenvalue weighted by atomic mass is 16.5. The van der Waals surface area contributed by atoms with Gasteiger partial charge in [-0.1, -0.05) is 6.92 Å². The van der Waals surface area contributed by atoms with E-state index in [1.165, 1.54) is 12.8 Å². The lowest BCUT2D eigenvalue weighted by Gasteiger charge is -2.30. The predicted molar refractivity (Wildman–Crippen MR) is 73.4 cm³/mol. The highest BCUT2D eigenvalue weighted by Crippen LogP contribution is 2.20. The summed E-state index contributed by atoms with van der Waals surface area (Å²) in [6.45, 7) is 5.92. The zero-order valence-corrected chi connectivity index (χ0v) is 12.0. The van der Waals surface area contributed by atoms with Crippen molar-refractivity contribution in [1.29, 1.82) is 0 Å². The molecule has 0 saturated carbocycles. The second-order valence-electron chi connectivity index (χ2n) is 5.84. The van der Waals surface area contributed by atoms with Crippen LogP contribution in [0.2, 0.25) is 0 Å². The Labute approximate surface area is 119 Å². The number of nitrogens with one attached hydrogen (secondary N) is 1. The molecule has 6 heteroatoms. The number of carboxylic acids is 1. The summed E-state index contributed by atoms with van der Waals surface area (Å²) in [7, 11) is 0. The minimum atomic E-state index is -0.984. The lowest BCUT2D eigenvalue weighted by atomic mass is 9.99. The third kappa shape index (κ3) is 4.18. The van der Waals surface area contributed by atoms with Crippen molar-refractivity contribution in [3.8, 4) is 0 Å². The van der Waals surface area contributed by atoms with Gasteiger partial charge in [-0.25, -0.2) is 4.79 Å². The second kappa shape index (κ2) is 7.04. The van der Waals surface area contributed by atoms with Crippen LogP contribution in [0.5, 0.6) is 0 Å². The molecular formula is C14H24N2O4. The Hall–Kier alpha value is -1.14. The van der Waals surface area contributed by atoms with Gasteiger partial charge in [0.15, 0.2) is 6.10 Å². The standard InChI is InChI=1S/C14H24N2O4/c1-10-4-7-16(8-5-10)9-6-15-13(17)11-2-3-12(20-11)14(18)19/h10-12H,2-9H2,1H3,(H,15,17)(H,18,19)/t11-,12+/m0/s1. The average molecular weight is 284 g/mol. The first-order valence-corrected chi connectivity index (χ1v) is 7.44. The number of carbonyl (C=O) groups excluding carboxylic acids is 1. The Morgan fingerprint density at radius 2 is 1.85 bits per heavy atom. The van der Waals surface area contributed by atoms with E-state index >= 15 is 0 Å². The summed E-state index contributed by atoms with van der Waals surface area (Å²) in [6, 6.07) is 0. The summed E-state index contributed by atoms with van der Waals surface area (Å²) >= 11 is 0. The average Bonchev–Trinajstić information content (AvgIpc) is 2.91. The minimum Gasteiger partial charge on any atom is -0.479 e. The number of amides is 1.